The Kier molecular flexibility index (Phi) is 5.01. The van der Waals surface area contributed by atoms with Crippen LogP contribution in [0.1, 0.15) is 25.5 Å². The van der Waals surface area contributed by atoms with Gasteiger partial charge in [-0.05, 0) is 25.0 Å². The second-order valence-electron chi connectivity index (χ2n) is 3.70. The second kappa shape index (κ2) is 6.32. The Labute approximate surface area is 91.4 Å². The van der Waals surface area contributed by atoms with Gasteiger partial charge < -0.3 is 0 Å². The number of rotatable bonds is 6. The number of pyridine rings is 1. The van der Waals surface area contributed by atoms with Crippen molar-refractivity contribution in [3.8, 4) is 0 Å². The molecule has 0 spiro atoms. The maximum Gasteiger partial charge on any atom is 0.0419 e. The van der Waals surface area contributed by atoms with E-state index in [9.17, 15) is 0 Å². The first-order valence-corrected chi connectivity index (χ1v) is 5.29. The van der Waals surface area contributed by atoms with E-state index in [0.29, 0.717) is 0 Å². The van der Waals surface area contributed by atoms with Crippen LogP contribution in [-0.4, -0.2) is 11.0 Å². The summed E-state index contributed by atoms with van der Waals surface area (Å²) in [6.07, 6.45) is 4.55. The lowest BCUT2D eigenvalue weighted by molar-refractivity contribution is 0.512. The Bertz CT molecular complexity index is 295. The lowest BCUT2D eigenvalue weighted by Gasteiger charge is -2.16. The van der Waals surface area contributed by atoms with Crippen LogP contribution in [0.3, 0.4) is 0 Å². The van der Waals surface area contributed by atoms with Gasteiger partial charge in [-0.3, -0.25) is 16.3 Å². The molecule has 3 heteroatoms. The number of hydrogen-bond acceptors (Lipinski definition) is 3. The van der Waals surface area contributed by atoms with E-state index in [0.717, 1.165) is 25.0 Å². The van der Waals surface area contributed by atoms with E-state index in [1.165, 1.54) is 5.57 Å². The first-order valence-electron chi connectivity index (χ1n) is 5.29. The Morgan fingerprint density at radius 3 is 2.93 bits per heavy atom. The highest BCUT2D eigenvalue weighted by atomic mass is 15.2. The molecule has 1 unspecified atom stereocenters. The van der Waals surface area contributed by atoms with Gasteiger partial charge in [0, 0.05) is 24.4 Å². The van der Waals surface area contributed by atoms with E-state index in [1.54, 1.807) is 6.20 Å². The van der Waals surface area contributed by atoms with Crippen LogP contribution in [0.4, 0.5) is 0 Å². The highest BCUT2D eigenvalue weighted by molar-refractivity contribution is 5.07. The summed E-state index contributed by atoms with van der Waals surface area (Å²) >= 11 is 0. The minimum absolute atomic E-state index is 0.229. The molecule has 0 saturated carbocycles. The summed E-state index contributed by atoms with van der Waals surface area (Å²) in [4.78, 5) is 4.27. The first-order chi connectivity index (χ1) is 7.26. The molecule has 1 heterocycles. The second-order valence-corrected chi connectivity index (χ2v) is 3.70. The van der Waals surface area contributed by atoms with Gasteiger partial charge in [-0.15, -0.1) is 0 Å². The zero-order valence-electron chi connectivity index (χ0n) is 9.24. The monoisotopic (exact) mass is 205 g/mol. The number of nitrogens with two attached hydrogens (primary N) is 1. The maximum atomic E-state index is 5.50. The minimum Gasteiger partial charge on any atom is -0.271 e. The molecule has 0 aliphatic heterocycles. The highest BCUT2D eigenvalue weighted by Crippen LogP contribution is 2.10. The third-order valence-electron chi connectivity index (χ3n) is 2.45. The smallest absolute Gasteiger partial charge is 0.0419 e. The third kappa shape index (κ3) is 4.23. The summed E-state index contributed by atoms with van der Waals surface area (Å²) in [5.74, 6) is 5.50. The quantitative estimate of drug-likeness (QED) is 0.423. The van der Waals surface area contributed by atoms with E-state index < -0.39 is 0 Å². The Balaban J connectivity index is 2.50. The molecule has 15 heavy (non-hydrogen) atoms. The van der Waals surface area contributed by atoms with Crippen molar-refractivity contribution in [1.29, 1.82) is 0 Å². The predicted molar refractivity (Wildman–Crippen MR) is 63.1 cm³/mol. The average molecular weight is 205 g/mol. The molecule has 3 N–H and O–H groups in total. The number of nitrogens with one attached hydrogen (secondary N) is 1. The molecule has 1 aromatic heterocycles. The zero-order chi connectivity index (χ0) is 11.1. The van der Waals surface area contributed by atoms with Gasteiger partial charge in [0.2, 0.25) is 0 Å². The molecule has 0 fully saturated rings. The molecule has 0 amide bonds. The van der Waals surface area contributed by atoms with Crippen molar-refractivity contribution in [2.75, 3.05) is 0 Å². The van der Waals surface area contributed by atoms with Crippen LogP contribution in [-0.2, 0) is 6.42 Å². The standard InChI is InChI=1S/C12H19N3/c1-3-10(2)8-12(15-13)9-11-6-4-5-7-14-11/h4-7,12,15H,2-3,8-9,13H2,1H3. The van der Waals surface area contributed by atoms with Crippen LogP contribution < -0.4 is 11.3 Å². The summed E-state index contributed by atoms with van der Waals surface area (Å²) in [5, 5.41) is 0. The summed E-state index contributed by atoms with van der Waals surface area (Å²) in [5.41, 5.74) is 5.09. The number of hydrogen-bond donors (Lipinski definition) is 2. The van der Waals surface area contributed by atoms with Crippen LogP contribution in [0.15, 0.2) is 36.5 Å². The molecule has 0 radical (unpaired) electrons. The van der Waals surface area contributed by atoms with E-state index in [1.807, 2.05) is 18.2 Å². The van der Waals surface area contributed by atoms with Crippen molar-refractivity contribution < 1.29 is 0 Å². The Hall–Kier alpha value is -1.19. The molecule has 0 aliphatic rings. The predicted octanol–water partition coefficient (Wildman–Crippen LogP) is 1.81. The van der Waals surface area contributed by atoms with Gasteiger partial charge in [-0.2, -0.15) is 0 Å². The minimum atomic E-state index is 0.229. The van der Waals surface area contributed by atoms with Gasteiger partial charge >= 0.3 is 0 Å². The van der Waals surface area contributed by atoms with E-state index in [-0.39, 0.29) is 6.04 Å². The van der Waals surface area contributed by atoms with Crippen LogP contribution in [0.5, 0.6) is 0 Å². The fraction of sp³-hybridized carbons (Fsp3) is 0.417. The lowest BCUT2D eigenvalue weighted by atomic mass is 10.0. The molecular weight excluding hydrogens is 186 g/mol. The molecule has 0 saturated heterocycles. The highest BCUT2D eigenvalue weighted by Gasteiger charge is 2.09. The summed E-state index contributed by atoms with van der Waals surface area (Å²) in [6.45, 7) is 6.09. The van der Waals surface area contributed by atoms with E-state index >= 15 is 0 Å². The normalized spacial score (nSPS) is 12.4. The topological polar surface area (TPSA) is 50.9 Å². The maximum absolute atomic E-state index is 5.50. The van der Waals surface area contributed by atoms with Crippen molar-refractivity contribution in [3.05, 3.63) is 42.2 Å². The van der Waals surface area contributed by atoms with Crippen molar-refractivity contribution in [2.45, 2.75) is 32.2 Å². The molecule has 1 atom stereocenters. The Morgan fingerprint density at radius 2 is 2.40 bits per heavy atom. The van der Waals surface area contributed by atoms with Crippen molar-refractivity contribution in [1.82, 2.24) is 10.4 Å². The fourth-order valence-electron chi connectivity index (χ4n) is 1.45. The van der Waals surface area contributed by atoms with Crippen molar-refractivity contribution >= 4 is 0 Å². The lowest BCUT2D eigenvalue weighted by Crippen LogP contribution is -2.37. The average Bonchev–Trinajstić information content (AvgIpc) is 2.29. The molecule has 0 aliphatic carbocycles. The molecular formula is C12H19N3. The van der Waals surface area contributed by atoms with E-state index in [2.05, 4.69) is 23.9 Å². The van der Waals surface area contributed by atoms with Crippen molar-refractivity contribution in [3.63, 3.8) is 0 Å². The van der Waals surface area contributed by atoms with Gasteiger partial charge in [0.05, 0.1) is 0 Å². The molecule has 82 valence electrons. The molecule has 3 nitrogen and oxygen atoms in total. The van der Waals surface area contributed by atoms with Crippen LogP contribution in [0.25, 0.3) is 0 Å². The van der Waals surface area contributed by atoms with Crippen LogP contribution in [0.2, 0.25) is 0 Å². The molecule has 1 aromatic rings. The van der Waals surface area contributed by atoms with Crippen LogP contribution >= 0.6 is 0 Å². The van der Waals surface area contributed by atoms with Crippen molar-refractivity contribution in [2.24, 2.45) is 5.84 Å². The Morgan fingerprint density at radius 1 is 1.60 bits per heavy atom. The van der Waals surface area contributed by atoms with Gasteiger partial charge in [0.1, 0.15) is 0 Å². The van der Waals surface area contributed by atoms with Gasteiger partial charge in [-0.25, -0.2) is 0 Å². The first kappa shape index (κ1) is 11.9. The molecule has 0 aromatic carbocycles. The van der Waals surface area contributed by atoms with Gasteiger partial charge in [-0.1, -0.05) is 25.1 Å². The number of nitrogens with zero attached hydrogens (tertiary/aromatic N) is 1. The summed E-state index contributed by atoms with van der Waals surface area (Å²) in [7, 11) is 0. The zero-order valence-corrected chi connectivity index (χ0v) is 9.24. The summed E-state index contributed by atoms with van der Waals surface area (Å²) < 4.78 is 0. The SMILES string of the molecule is C=C(CC)CC(Cc1ccccn1)NN. The fourth-order valence-corrected chi connectivity index (χ4v) is 1.45. The van der Waals surface area contributed by atoms with Crippen LogP contribution in [0, 0.1) is 0 Å². The summed E-state index contributed by atoms with van der Waals surface area (Å²) in [6, 6.07) is 6.15. The van der Waals surface area contributed by atoms with E-state index in [4.69, 9.17) is 5.84 Å². The number of aromatic nitrogens is 1. The van der Waals surface area contributed by atoms with Gasteiger partial charge in [0.15, 0.2) is 0 Å². The third-order valence-corrected chi connectivity index (χ3v) is 2.45. The molecule has 0 bridgehead atoms. The van der Waals surface area contributed by atoms with Gasteiger partial charge in [0.25, 0.3) is 0 Å². The molecule has 1 rings (SSSR count). The largest absolute Gasteiger partial charge is 0.271 e. The number of hydrazine groups is 1.